The van der Waals surface area contributed by atoms with E-state index >= 15 is 0 Å². The molecular formula is C19H19ClFNO5. The number of anilines is 1. The monoisotopic (exact) mass is 395 g/mol. The molecule has 0 aliphatic rings. The van der Waals surface area contributed by atoms with Gasteiger partial charge in [-0.15, -0.1) is 0 Å². The molecule has 0 atom stereocenters. The second-order valence-corrected chi connectivity index (χ2v) is 5.89. The van der Waals surface area contributed by atoms with Crippen LogP contribution in [0.1, 0.15) is 12.0 Å². The molecule has 0 saturated heterocycles. The van der Waals surface area contributed by atoms with Crippen molar-refractivity contribution in [2.75, 3.05) is 26.1 Å². The molecule has 0 aliphatic carbocycles. The molecule has 1 amide bonds. The van der Waals surface area contributed by atoms with E-state index in [4.69, 9.17) is 25.8 Å². The Kier molecular flexibility index (Phi) is 7.43. The maximum Gasteiger partial charge on any atom is 0.306 e. The molecule has 27 heavy (non-hydrogen) atoms. The maximum absolute atomic E-state index is 13.5. The first-order valence-electron chi connectivity index (χ1n) is 8.05. The molecule has 6 nitrogen and oxygen atoms in total. The standard InChI is InChI=1S/C19H19ClFNO5/c1-25-16-10-15(17(26-2)9-13(16)20)22-18(23)11-27-19(24)8-7-12-5-3-4-6-14(12)21/h3-6,9-10H,7-8,11H2,1-2H3,(H,22,23). The van der Waals surface area contributed by atoms with Gasteiger partial charge >= 0.3 is 5.97 Å². The van der Waals surface area contributed by atoms with Gasteiger partial charge in [0.1, 0.15) is 17.3 Å². The molecule has 0 saturated carbocycles. The van der Waals surface area contributed by atoms with Crippen molar-refractivity contribution in [2.45, 2.75) is 12.8 Å². The molecule has 0 heterocycles. The summed E-state index contributed by atoms with van der Waals surface area (Å²) in [4.78, 5) is 23.8. The van der Waals surface area contributed by atoms with E-state index in [2.05, 4.69) is 5.32 Å². The van der Waals surface area contributed by atoms with Crippen molar-refractivity contribution in [1.29, 1.82) is 0 Å². The average Bonchev–Trinajstić information content (AvgIpc) is 2.66. The van der Waals surface area contributed by atoms with Crippen molar-refractivity contribution < 1.29 is 28.2 Å². The zero-order chi connectivity index (χ0) is 19.8. The molecule has 1 N–H and O–H groups in total. The highest BCUT2D eigenvalue weighted by Gasteiger charge is 2.14. The zero-order valence-corrected chi connectivity index (χ0v) is 15.6. The second-order valence-electron chi connectivity index (χ2n) is 5.49. The Morgan fingerprint density at radius 2 is 1.81 bits per heavy atom. The van der Waals surface area contributed by atoms with Crippen LogP contribution in [-0.2, 0) is 20.7 Å². The van der Waals surface area contributed by atoms with Crippen molar-refractivity contribution in [1.82, 2.24) is 0 Å². The Morgan fingerprint density at radius 1 is 1.11 bits per heavy atom. The lowest BCUT2D eigenvalue weighted by atomic mass is 10.1. The molecule has 0 radical (unpaired) electrons. The van der Waals surface area contributed by atoms with E-state index in [0.717, 1.165) is 0 Å². The van der Waals surface area contributed by atoms with Crippen molar-refractivity contribution in [3.8, 4) is 11.5 Å². The Labute approximate surface area is 161 Å². The van der Waals surface area contributed by atoms with Crippen molar-refractivity contribution in [3.63, 3.8) is 0 Å². The third-order valence-corrected chi connectivity index (χ3v) is 3.96. The van der Waals surface area contributed by atoms with Gasteiger partial charge in [0.25, 0.3) is 5.91 Å². The van der Waals surface area contributed by atoms with Gasteiger partial charge in [-0.2, -0.15) is 0 Å². The predicted octanol–water partition coefficient (Wildman–Crippen LogP) is 3.61. The molecule has 0 bridgehead atoms. The predicted molar refractivity (Wildman–Crippen MR) is 98.9 cm³/mol. The lowest BCUT2D eigenvalue weighted by molar-refractivity contribution is -0.147. The second kappa shape index (κ2) is 9.78. The summed E-state index contributed by atoms with van der Waals surface area (Å²) in [5.41, 5.74) is 0.739. The molecular weight excluding hydrogens is 377 g/mol. The molecule has 0 unspecified atom stereocenters. The smallest absolute Gasteiger partial charge is 0.306 e. The fourth-order valence-corrected chi connectivity index (χ4v) is 2.53. The first-order valence-corrected chi connectivity index (χ1v) is 8.42. The van der Waals surface area contributed by atoms with Gasteiger partial charge in [-0.05, 0) is 18.1 Å². The molecule has 2 aromatic rings. The molecule has 2 rings (SSSR count). The van der Waals surface area contributed by atoms with Gasteiger partial charge in [0.15, 0.2) is 6.61 Å². The molecule has 144 valence electrons. The number of hydrogen-bond acceptors (Lipinski definition) is 5. The molecule has 8 heteroatoms. The van der Waals surface area contributed by atoms with Crippen LogP contribution in [0.25, 0.3) is 0 Å². The number of rotatable bonds is 8. The SMILES string of the molecule is COc1cc(NC(=O)COC(=O)CCc2ccccc2F)c(OC)cc1Cl. The minimum Gasteiger partial charge on any atom is -0.495 e. The molecule has 0 aromatic heterocycles. The Balaban J connectivity index is 1.87. The van der Waals surface area contributed by atoms with Gasteiger partial charge in [0.05, 0.1) is 24.9 Å². The Bertz CT molecular complexity index is 828. The summed E-state index contributed by atoms with van der Waals surface area (Å²) in [6, 6.07) is 9.17. The zero-order valence-electron chi connectivity index (χ0n) is 14.9. The number of halogens is 2. The van der Waals surface area contributed by atoms with Crippen LogP contribution in [0.3, 0.4) is 0 Å². The highest BCUT2D eigenvalue weighted by atomic mass is 35.5. The quantitative estimate of drug-likeness (QED) is 0.691. The summed E-state index contributed by atoms with van der Waals surface area (Å²) in [7, 11) is 2.87. The number of esters is 1. The van der Waals surface area contributed by atoms with E-state index in [-0.39, 0.29) is 18.7 Å². The minimum atomic E-state index is -0.603. The minimum absolute atomic E-state index is 0.0354. The lowest BCUT2D eigenvalue weighted by Crippen LogP contribution is -2.21. The summed E-state index contributed by atoms with van der Waals surface area (Å²) in [5, 5.41) is 2.89. The summed E-state index contributed by atoms with van der Waals surface area (Å²) in [6.45, 7) is -0.482. The number of benzene rings is 2. The van der Waals surface area contributed by atoms with Crippen LogP contribution in [0, 0.1) is 5.82 Å². The van der Waals surface area contributed by atoms with Gasteiger partial charge < -0.3 is 19.5 Å². The van der Waals surface area contributed by atoms with Crippen molar-refractivity contribution in [3.05, 3.63) is 52.8 Å². The first-order chi connectivity index (χ1) is 12.9. The van der Waals surface area contributed by atoms with Crippen LogP contribution in [0.2, 0.25) is 5.02 Å². The number of carbonyl (C=O) groups is 2. The molecule has 0 aliphatic heterocycles. The van der Waals surface area contributed by atoms with E-state index in [1.54, 1.807) is 18.2 Å². The summed E-state index contributed by atoms with van der Waals surface area (Å²) >= 11 is 6.00. The highest BCUT2D eigenvalue weighted by molar-refractivity contribution is 6.32. The van der Waals surface area contributed by atoms with E-state index in [1.165, 1.54) is 32.4 Å². The van der Waals surface area contributed by atoms with E-state index in [9.17, 15) is 14.0 Å². The van der Waals surface area contributed by atoms with Crippen LogP contribution in [0.15, 0.2) is 36.4 Å². The maximum atomic E-state index is 13.5. The van der Waals surface area contributed by atoms with Crippen molar-refractivity contribution >= 4 is 29.2 Å². The van der Waals surface area contributed by atoms with Crippen molar-refractivity contribution in [2.24, 2.45) is 0 Å². The van der Waals surface area contributed by atoms with Crippen LogP contribution in [0.5, 0.6) is 11.5 Å². The third kappa shape index (κ3) is 5.86. The van der Waals surface area contributed by atoms with Gasteiger partial charge in [0.2, 0.25) is 0 Å². The fraction of sp³-hybridized carbons (Fsp3) is 0.263. The van der Waals surface area contributed by atoms with E-state index in [0.29, 0.717) is 27.8 Å². The average molecular weight is 396 g/mol. The van der Waals surface area contributed by atoms with Gasteiger partial charge in [-0.3, -0.25) is 9.59 Å². The number of methoxy groups -OCH3 is 2. The largest absolute Gasteiger partial charge is 0.495 e. The molecule has 2 aromatic carbocycles. The van der Waals surface area contributed by atoms with Gasteiger partial charge in [-0.25, -0.2) is 4.39 Å². The van der Waals surface area contributed by atoms with Gasteiger partial charge in [-0.1, -0.05) is 29.8 Å². The van der Waals surface area contributed by atoms with Gasteiger partial charge in [0, 0.05) is 18.6 Å². The van der Waals surface area contributed by atoms with Crippen LogP contribution >= 0.6 is 11.6 Å². The van der Waals surface area contributed by atoms with Crippen LogP contribution < -0.4 is 14.8 Å². The molecule has 0 fully saturated rings. The third-order valence-electron chi connectivity index (χ3n) is 3.67. The number of nitrogens with one attached hydrogen (secondary N) is 1. The number of aryl methyl sites for hydroxylation is 1. The summed E-state index contributed by atoms with van der Waals surface area (Å²) in [6.07, 6.45) is 0.154. The van der Waals surface area contributed by atoms with Crippen LogP contribution in [0.4, 0.5) is 10.1 Å². The highest BCUT2D eigenvalue weighted by Crippen LogP contribution is 2.35. The number of hydrogen-bond donors (Lipinski definition) is 1. The summed E-state index contributed by atoms with van der Waals surface area (Å²) < 4.78 is 28.7. The normalized spacial score (nSPS) is 10.2. The first kappa shape index (κ1) is 20.5. The Hall–Kier alpha value is -2.80. The fourth-order valence-electron chi connectivity index (χ4n) is 2.30. The molecule has 0 spiro atoms. The Morgan fingerprint density at radius 3 is 2.48 bits per heavy atom. The number of ether oxygens (including phenoxy) is 3. The lowest BCUT2D eigenvalue weighted by Gasteiger charge is -2.13. The van der Waals surface area contributed by atoms with Crippen LogP contribution in [-0.4, -0.2) is 32.7 Å². The summed E-state index contributed by atoms with van der Waals surface area (Å²) in [5.74, 6) is -0.854. The number of carbonyl (C=O) groups excluding carboxylic acids is 2. The number of amides is 1. The van der Waals surface area contributed by atoms with E-state index in [1.807, 2.05) is 0 Å². The van der Waals surface area contributed by atoms with E-state index < -0.39 is 18.5 Å². The topological polar surface area (TPSA) is 73.9 Å².